The monoisotopic (exact) mass is 417 g/mol. The van der Waals surface area contributed by atoms with Crippen LogP contribution >= 0.6 is 0 Å². The number of methoxy groups -OCH3 is 2. The number of nitrogens with zero attached hydrogens (tertiary/aromatic N) is 1. The Labute approximate surface area is 179 Å². The first kappa shape index (κ1) is 19.2. The number of ether oxygens (including phenoxy) is 2. The number of rotatable bonds is 5. The van der Waals surface area contributed by atoms with E-state index in [0.29, 0.717) is 35.0 Å². The van der Waals surface area contributed by atoms with Crippen LogP contribution < -0.4 is 15.2 Å². The topological polar surface area (TPSA) is 103 Å². The predicted molar refractivity (Wildman–Crippen MR) is 118 cm³/mol. The molecule has 7 nitrogen and oxygen atoms in total. The van der Waals surface area contributed by atoms with E-state index in [-0.39, 0.29) is 11.7 Å². The summed E-state index contributed by atoms with van der Waals surface area (Å²) in [6.07, 6.45) is 2.12. The summed E-state index contributed by atoms with van der Waals surface area (Å²) >= 11 is 0. The number of aromatic amines is 1. The molecule has 1 unspecified atom stereocenters. The molecule has 0 aliphatic heterocycles. The van der Waals surface area contributed by atoms with Crippen LogP contribution in [0.3, 0.4) is 0 Å². The number of hydrogen-bond acceptors (Lipinski definition) is 6. The van der Waals surface area contributed by atoms with E-state index in [1.165, 1.54) is 5.56 Å². The van der Waals surface area contributed by atoms with Gasteiger partial charge in [0.25, 0.3) is 0 Å². The lowest BCUT2D eigenvalue weighted by Gasteiger charge is -2.19. The quantitative estimate of drug-likeness (QED) is 0.466. The maximum absolute atomic E-state index is 13.3. The predicted octanol–water partition coefficient (Wildman–Crippen LogP) is 4.41. The van der Waals surface area contributed by atoms with Crippen molar-refractivity contribution in [3.05, 3.63) is 59.5 Å². The van der Waals surface area contributed by atoms with Gasteiger partial charge in [0, 0.05) is 28.9 Å². The molecule has 4 aromatic rings. The van der Waals surface area contributed by atoms with Crippen molar-refractivity contribution in [1.82, 2.24) is 10.2 Å². The molecule has 2 aromatic carbocycles. The number of anilines is 1. The number of furan rings is 1. The summed E-state index contributed by atoms with van der Waals surface area (Å²) in [7, 11) is 3.15. The van der Waals surface area contributed by atoms with Crippen LogP contribution in [0, 0.1) is 5.92 Å². The van der Waals surface area contributed by atoms with Gasteiger partial charge in [-0.2, -0.15) is 5.10 Å². The Hall–Kier alpha value is -3.74. The highest BCUT2D eigenvalue weighted by Gasteiger charge is 2.32. The first-order valence-electron chi connectivity index (χ1n) is 10.2. The van der Waals surface area contributed by atoms with E-state index in [4.69, 9.17) is 19.6 Å². The van der Waals surface area contributed by atoms with Gasteiger partial charge >= 0.3 is 0 Å². The minimum absolute atomic E-state index is 0.0390. The van der Waals surface area contributed by atoms with Gasteiger partial charge in [0.15, 0.2) is 17.3 Å². The van der Waals surface area contributed by atoms with Gasteiger partial charge < -0.3 is 19.6 Å². The lowest BCUT2D eigenvalue weighted by molar-refractivity contribution is 0.0899. The molecule has 0 saturated heterocycles. The first-order valence-corrected chi connectivity index (χ1v) is 10.2. The summed E-state index contributed by atoms with van der Waals surface area (Å²) in [6, 6.07) is 13.4. The molecule has 1 aliphatic rings. The molecule has 0 radical (unpaired) electrons. The first-order chi connectivity index (χ1) is 15.1. The Kier molecular flexibility index (Phi) is 4.66. The highest BCUT2D eigenvalue weighted by atomic mass is 16.5. The molecule has 7 heteroatoms. The van der Waals surface area contributed by atoms with Crippen molar-refractivity contribution in [2.75, 3.05) is 20.0 Å². The van der Waals surface area contributed by atoms with E-state index in [2.05, 4.69) is 16.3 Å². The van der Waals surface area contributed by atoms with Gasteiger partial charge in [-0.25, -0.2) is 0 Å². The molecular weight excluding hydrogens is 394 g/mol. The standard InChI is InChI=1S/C24H23N3O4/c1-29-18-10-8-13(11-20(18)30-2)22-21(25)23(27-26-22)24(28)14-7-9-16-15-5-3-4-6-17(15)31-19(16)12-14/h3-6,8,10-11,14H,7,9,12,25H2,1-2H3,(H,26,27). The van der Waals surface area contributed by atoms with Crippen molar-refractivity contribution in [3.63, 3.8) is 0 Å². The zero-order chi connectivity index (χ0) is 21.5. The zero-order valence-electron chi connectivity index (χ0n) is 17.4. The number of hydrogen-bond donors (Lipinski definition) is 2. The molecule has 0 saturated carbocycles. The fourth-order valence-corrected chi connectivity index (χ4v) is 4.40. The molecule has 31 heavy (non-hydrogen) atoms. The Bertz CT molecular complexity index is 1290. The molecule has 2 heterocycles. The van der Waals surface area contributed by atoms with Crippen molar-refractivity contribution >= 4 is 22.4 Å². The summed E-state index contributed by atoms with van der Waals surface area (Å²) in [5.41, 5.74) is 10.4. The smallest absolute Gasteiger partial charge is 0.186 e. The minimum Gasteiger partial charge on any atom is -0.493 e. The number of ketones is 1. The number of carbonyl (C=O) groups excluding carboxylic acids is 1. The number of fused-ring (bicyclic) bond motifs is 3. The Morgan fingerprint density at radius 2 is 1.97 bits per heavy atom. The van der Waals surface area contributed by atoms with E-state index in [1.54, 1.807) is 26.4 Å². The number of nitrogen functional groups attached to an aromatic ring is 1. The molecule has 0 amide bonds. The molecule has 0 bridgehead atoms. The van der Waals surface area contributed by atoms with Gasteiger partial charge in [-0.3, -0.25) is 9.89 Å². The molecule has 0 fully saturated rings. The summed E-state index contributed by atoms with van der Waals surface area (Å²) < 4.78 is 16.7. The fourth-order valence-electron chi connectivity index (χ4n) is 4.40. The maximum atomic E-state index is 13.3. The van der Waals surface area contributed by atoms with Crippen molar-refractivity contribution < 1.29 is 18.7 Å². The molecule has 3 N–H and O–H groups in total. The number of H-pyrrole nitrogens is 1. The number of benzene rings is 2. The summed E-state index contributed by atoms with van der Waals surface area (Å²) in [6.45, 7) is 0. The Morgan fingerprint density at radius 1 is 1.16 bits per heavy atom. The Balaban J connectivity index is 1.43. The van der Waals surface area contributed by atoms with Gasteiger partial charge in [-0.15, -0.1) is 0 Å². The maximum Gasteiger partial charge on any atom is 0.186 e. The summed E-state index contributed by atoms with van der Waals surface area (Å²) in [5, 5.41) is 8.32. The highest BCUT2D eigenvalue weighted by Crippen LogP contribution is 2.38. The van der Waals surface area contributed by atoms with Crippen molar-refractivity contribution in [2.45, 2.75) is 19.3 Å². The van der Waals surface area contributed by atoms with Gasteiger partial charge in [0.2, 0.25) is 0 Å². The number of para-hydroxylation sites is 1. The third-order valence-electron chi connectivity index (χ3n) is 6.03. The van der Waals surface area contributed by atoms with Crippen LogP contribution in [0.15, 0.2) is 46.9 Å². The molecule has 1 aliphatic carbocycles. The lowest BCUT2D eigenvalue weighted by Crippen LogP contribution is -2.23. The van der Waals surface area contributed by atoms with E-state index in [1.807, 2.05) is 24.3 Å². The minimum atomic E-state index is -0.200. The molecule has 2 aromatic heterocycles. The molecule has 5 rings (SSSR count). The number of aryl methyl sites for hydroxylation is 1. The second kappa shape index (κ2) is 7.50. The Morgan fingerprint density at radius 3 is 2.77 bits per heavy atom. The third kappa shape index (κ3) is 3.13. The second-order valence-corrected chi connectivity index (χ2v) is 7.73. The number of Topliss-reactive ketones (excluding diaryl/α,β-unsaturated/α-hetero) is 1. The second-order valence-electron chi connectivity index (χ2n) is 7.73. The SMILES string of the molecule is COc1ccc(-c2n[nH]c(C(=O)C3CCc4c(oc5ccccc45)C3)c2N)cc1OC. The van der Waals surface area contributed by atoms with Gasteiger partial charge in [0.1, 0.15) is 22.7 Å². The molecular formula is C24H23N3O4. The van der Waals surface area contributed by atoms with Crippen molar-refractivity contribution in [3.8, 4) is 22.8 Å². The average molecular weight is 417 g/mol. The van der Waals surface area contributed by atoms with Crippen LogP contribution in [0.2, 0.25) is 0 Å². The zero-order valence-corrected chi connectivity index (χ0v) is 17.4. The van der Waals surface area contributed by atoms with E-state index in [9.17, 15) is 4.79 Å². The fraction of sp³-hybridized carbons (Fsp3) is 0.250. The van der Waals surface area contributed by atoms with Crippen molar-refractivity contribution in [1.29, 1.82) is 0 Å². The molecule has 158 valence electrons. The van der Waals surface area contributed by atoms with Gasteiger partial charge in [-0.1, -0.05) is 18.2 Å². The average Bonchev–Trinajstić information content (AvgIpc) is 3.37. The van der Waals surface area contributed by atoms with Crippen LogP contribution in [-0.2, 0) is 12.8 Å². The number of nitrogens with one attached hydrogen (secondary N) is 1. The van der Waals surface area contributed by atoms with Gasteiger partial charge in [-0.05, 0) is 37.1 Å². The normalized spacial score (nSPS) is 15.6. The number of aromatic nitrogens is 2. The van der Waals surface area contributed by atoms with Crippen LogP contribution in [0.1, 0.15) is 28.2 Å². The largest absolute Gasteiger partial charge is 0.493 e. The van der Waals surface area contributed by atoms with Crippen LogP contribution in [0.4, 0.5) is 5.69 Å². The number of carbonyl (C=O) groups is 1. The molecule has 1 atom stereocenters. The van der Waals surface area contributed by atoms with E-state index >= 15 is 0 Å². The van der Waals surface area contributed by atoms with E-state index in [0.717, 1.165) is 35.1 Å². The van der Waals surface area contributed by atoms with E-state index < -0.39 is 0 Å². The lowest BCUT2D eigenvalue weighted by atomic mass is 9.83. The van der Waals surface area contributed by atoms with Crippen LogP contribution in [0.25, 0.3) is 22.2 Å². The summed E-state index contributed by atoms with van der Waals surface area (Å²) in [5.74, 6) is 1.83. The highest BCUT2D eigenvalue weighted by molar-refractivity contribution is 6.03. The van der Waals surface area contributed by atoms with Crippen LogP contribution in [-0.4, -0.2) is 30.2 Å². The van der Waals surface area contributed by atoms with Crippen molar-refractivity contribution in [2.24, 2.45) is 5.92 Å². The van der Waals surface area contributed by atoms with Crippen LogP contribution in [0.5, 0.6) is 11.5 Å². The van der Waals surface area contributed by atoms with Gasteiger partial charge in [0.05, 0.1) is 19.9 Å². The number of nitrogens with two attached hydrogens (primary N) is 1. The third-order valence-corrected chi connectivity index (χ3v) is 6.03. The summed E-state index contributed by atoms with van der Waals surface area (Å²) in [4.78, 5) is 13.3. The molecule has 0 spiro atoms.